The van der Waals surface area contributed by atoms with E-state index in [2.05, 4.69) is 15.7 Å². The number of hydrogen-bond acceptors (Lipinski definition) is 3. The number of carbonyl (C=O) groups is 1. The topological polar surface area (TPSA) is 79.2 Å². The molecule has 0 fully saturated rings. The molecule has 0 unspecified atom stereocenters. The maximum absolute atomic E-state index is 13.2. The van der Waals surface area contributed by atoms with Gasteiger partial charge in [0.1, 0.15) is 5.82 Å². The second-order valence-electron chi connectivity index (χ2n) is 5.84. The van der Waals surface area contributed by atoms with E-state index in [0.29, 0.717) is 12.2 Å². The number of aliphatic hydroxyl groups excluding tert-OH is 1. The highest BCUT2D eigenvalue weighted by atomic mass is 19.1. The van der Waals surface area contributed by atoms with E-state index in [4.69, 9.17) is 5.11 Å². The number of halogens is 1. The Morgan fingerprint density at radius 3 is 2.96 bits per heavy atom. The number of hydrogen-bond donors (Lipinski definition) is 3. The quantitative estimate of drug-likeness (QED) is 0.753. The smallest absolute Gasteiger partial charge is 0.320 e. The molecule has 1 aromatic carbocycles. The average molecular weight is 330 g/mol. The summed E-state index contributed by atoms with van der Waals surface area (Å²) >= 11 is 0. The number of carbonyl (C=O) groups excluding carboxylic acids is 1. The molecule has 0 bridgehead atoms. The van der Waals surface area contributed by atoms with Crippen LogP contribution in [0, 0.1) is 18.7 Å². The van der Waals surface area contributed by atoms with Crippen LogP contribution in [0.15, 0.2) is 42.6 Å². The number of nitrogens with zero attached hydrogens (tertiary/aromatic N) is 2. The molecular formula is C17H19FN4O2. The minimum Gasteiger partial charge on any atom is -0.396 e. The molecule has 0 spiro atoms. The van der Waals surface area contributed by atoms with Crippen molar-refractivity contribution >= 4 is 11.8 Å². The zero-order valence-electron chi connectivity index (χ0n) is 13.2. The lowest BCUT2D eigenvalue weighted by atomic mass is 10.1. The van der Waals surface area contributed by atoms with Gasteiger partial charge in [0.25, 0.3) is 0 Å². The molecule has 0 saturated heterocycles. The minimum absolute atomic E-state index is 0.0811. The molecule has 2 atom stereocenters. The molecule has 2 aromatic rings. The summed E-state index contributed by atoms with van der Waals surface area (Å²) < 4.78 is 14.8. The standard InChI is InChI=1S/C17H19FN4O2/c1-11-8-13(18)3-5-15(11)22-7-6-16(21-22)20-17(24)19-14-4-2-12(9-14)10-23/h2-8,12,14,23H,9-10H2,1H3,(H2,19,20,21,24)/t12-,14+/m0/s1. The van der Waals surface area contributed by atoms with Gasteiger partial charge in [0.05, 0.1) is 5.69 Å². The van der Waals surface area contributed by atoms with Crippen molar-refractivity contribution in [2.24, 2.45) is 5.92 Å². The van der Waals surface area contributed by atoms with E-state index in [9.17, 15) is 9.18 Å². The third-order valence-electron chi connectivity index (χ3n) is 3.96. The van der Waals surface area contributed by atoms with Crippen LogP contribution < -0.4 is 10.6 Å². The summed E-state index contributed by atoms with van der Waals surface area (Å²) in [5.41, 5.74) is 1.50. The summed E-state index contributed by atoms with van der Waals surface area (Å²) in [6, 6.07) is 5.66. The van der Waals surface area contributed by atoms with Crippen LogP contribution in [-0.2, 0) is 0 Å². The zero-order valence-corrected chi connectivity index (χ0v) is 13.2. The number of aromatic nitrogens is 2. The first-order valence-corrected chi connectivity index (χ1v) is 7.74. The van der Waals surface area contributed by atoms with Gasteiger partial charge in [0.15, 0.2) is 5.82 Å². The van der Waals surface area contributed by atoms with E-state index >= 15 is 0 Å². The Bertz CT molecular complexity index is 772. The first-order chi connectivity index (χ1) is 11.5. The van der Waals surface area contributed by atoms with Crippen molar-refractivity contribution in [2.75, 3.05) is 11.9 Å². The molecule has 6 nitrogen and oxygen atoms in total. The SMILES string of the molecule is Cc1cc(F)ccc1-n1ccc(NC(=O)N[C@@H]2C=C[C@H](CO)C2)n1. The largest absolute Gasteiger partial charge is 0.396 e. The summed E-state index contributed by atoms with van der Waals surface area (Å²) in [5, 5.41) is 18.9. The van der Waals surface area contributed by atoms with Crippen molar-refractivity contribution in [2.45, 2.75) is 19.4 Å². The molecule has 2 amide bonds. The molecule has 0 saturated carbocycles. The highest BCUT2D eigenvalue weighted by molar-refractivity contribution is 5.88. The maximum atomic E-state index is 13.2. The van der Waals surface area contributed by atoms with E-state index in [-0.39, 0.29) is 30.4 Å². The molecule has 0 aliphatic heterocycles. The summed E-state index contributed by atoms with van der Waals surface area (Å²) in [7, 11) is 0. The number of anilines is 1. The van der Waals surface area contributed by atoms with E-state index in [1.807, 2.05) is 12.2 Å². The number of amides is 2. The lowest BCUT2D eigenvalue weighted by molar-refractivity contribution is 0.238. The molecule has 24 heavy (non-hydrogen) atoms. The molecule has 3 rings (SSSR count). The van der Waals surface area contributed by atoms with Crippen LogP contribution >= 0.6 is 0 Å². The maximum Gasteiger partial charge on any atom is 0.320 e. The van der Waals surface area contributed by atoms with Gasteiger partial charge >= 0.3 is 6.03 Å². The van der Waals surface area contributed by atoms with Crippen molar-refractivity contribution < 1.29 is 14.3 Å². The molecule has 1 aliphatic rings. The number of benzene rings is 1. The lowest BCUT2D eigenvalue weighted by Gasteiger charge is -2.12. The van der Waals surface area contributed by atoms with Crippen LogP contribution in [-0.4, -0.2) is 33.6 Å². The van der Waals surface area contributed by atoms with Gasteiger partial charge in [-0.25, -0.2) is 13.9 Å². The Balaban J connectivity index is 1.62. The number of aryl methyl sites for hydroxylation is 1. The highest BCUT2D eigenvalue weighted by Gasteiger charge is 2.20. The first-order valence-electron chi connectivity index (χ1n) is 7.74. The molecule has 0 radical (unpaired) electrons. The summed E-state index contributed by atoms with van der Waals surface area (Å²) in [6.07, 6.45) is 6.16. The second-order valence-corrected chi connectivity index (χ2v) is 5.84. The van der Waals surface area contributed by atoms with Crippen molar-refractivity contribution in [3.8, 4) is 5.69 Å². The summed E-state index contributed by atoms with van der Waals surface area (Å²) in [4.78, 5) is 12.0. The lowest BCUT2D eigenvalue weighted by Crippen LogP contribution is -2.36. The fourth-order valence-electron chi connectivity index (χ4n) is 2.74. The normalized spacial score (nSPS) is 19.5. The Kier molecular flexibility index (Phi) is 4.61. The first kappa shape index (κ1) is 16.2. The fourth-order valence-corrected chi connectivity index (χ4v) is 2.74. The van der Waals surface area contributed by atoms with Crippen LogP contribution in [0.25, 0.3) is 5.69 Å². The number of aliphatic hydroxyl groups is 1. The predicted molar refractivity (Wildman–Crippen MR) is 88.5 cm³/mol. The van der Waals surface area contributed by atoms with Gasteiger partial charge in [-0.05, 0) is 37.1 Å². The molecular weight excluding hydrogens is 311 g/mol. The molecule has 3 N–H and O–H groups in total. The summed E-state index contributed by atoms with van der Waals surface area (Å²) in [5.74, 6) is 0.194. The van der Waals surface area contributed by atoms with Crippen molar-refractivity contribution in [3.63, 3.8) is 0 Å². The molecule has 1 heterocycles. The summed E-state index contributed by atoms with van der Waals surface area (Å²) in [6.45, 7) is 1.88. The van der Waals surface area contributed by atoms with Crippen LogP contribution in [0.1, 0.15) is 12.0 Å². The predicted octanol–water partition coefficient (Wildman–Crippen LogP) is 2.38. The van der Waals surface area contributed by atoms with E-state index in [1.165, 1.54) is 12.1 Å². The van der Waals surface area contributed by atoms with Gasteiger partial charge in [0.2, 0.25) is 0 Å². The van der Waals surface area contributed by atoms with Crippen LogP contribution in [0.5, 0.6) is 0 Å². The Morgan fingerprint density at radius 2 is 2.25 bits per heavy atom. The van der Waals surface area contributed by atoms with Crippen LogP contribution in [0.4, 0.5) is 15.0 Å². The van der Waals surface area contributed by atoms with E-state index in [1.54, 1.807) is 29.9 Å². The highest BCUT2D eigenvalue weighted by Crippen LogP contribution is 2.18. The Labute approximate surface area is 139 Å². The molecule has 7 heteroatoms. The third-order valence-corrected chi connectivity index (χ3v) is 3.96. The second kappa shape index (κ2) is 6.84. The molecule has 1 aliphatic carbocycles. The number of rotatable bonds is 4. The number of nitrogens with one attached hydrogen (secondary N) is 2. The number of urea groups is 1. The van der Waals surface area contributed by atoms with Crippen LogP contribution in [0.2, 0.25) is 0 Å². The third kappa shape index (κ3) is 3.62. The Morgan fingerprint density at radius 1 is 1.42 bits per heavy atom. The van der Waals surface area contributed by atoms with Crippen molar-refractivity contribution in [1.29, 1.82) is 0 Å². The average Bonchev–Trinajstić information content (AvgIpc) is 3.16. The zero-order chi connectivity index (χ0) is 17.1. The fraction of sp³-hybridized carbons (Fsp3) is 0.294. The minimum atomic E-state index is -0.357. The van der Waals surface area contributed by atoms with Gasteiger partial charge in [-0.1, -0.05) is 12.2 Å². The molecule has 126 valence electrons. The van der Waals surface area contributed by atoms with Gasteiger partial charge in [-0.3, -0.25) is 5.32 Å². The van der Waals surface area contributed by atoms with Crippen molar-refractivity contribution in [1.82, 2.24) is 15.1 Å². The van der Waals surface area contributed by atoms with Gasteiger partial charge in [-0.2, -0.15) is 0 Å². The van der Waals surface area contributed by atoms with Gasteiger partial charge in [-0.15, -0.1) is 5.10 Å². The van der Waals surface area contributed by atoms with E-state index < -0.39 is 0 Å². The van der Waals surface area contributed by atoms with E-state index in [0.717, 1.165) is 11.3 Å². The van der Waals surface area contributed by atoms with Crippen molar-refractivity contribution in [3.05, 3.63) is 54.0 Å². The van der Waals surface area contributed by atoms with Crippen LogP contribution in [0.3, 0.4) is 0 Å². The van der Waals surface area contributed by atoms with Gasteiger partial charge in [0, 0.05) is 30.8 Å². The molecule has 1 aromatic heterocycles. The Hall–Kier alpha value is -2.67. The van der Waals surface area contributed by atoms with Gasteiger partial charge < -0.3 is 10.4 Å². The monoisotopic (exact) mass is 330 g/mol.